The van der Waals surface area contributed by atoms with Crippen molar-refractivity contribution in [1.29, 1.82) is 0 Å². The van der Waals surface area contributed by atoms with E-state index in [2.05, 4.69) is 30.2 Å². The average Bonchev–Trinajstić information content (AvgIpc) is 2.56. The van der Waals surface area contributed by atoms with Crippen molar-refractivity contribution >= 4 is 23.2 Å². The average molecular weight is 315 g/mol. The van der Waals surface area contributed by atoms with Gasteiger partial charge in [0.15, 0.2) is 5.82 Å². The summed E-state index contributed by atoms with van der Waals surface area (Å²) >= 11 is 5.87. The minimum absolute atomic E-state index is 0.381. The van der Waals surface area contributed by atoms with Crippen LogP contribution in [0.5, 0.6) is 5.88 Å². The van der Waals surface area contributed by atoms with Gasteiger partial charge in [-0.05, 0) is 18.2 Å². The molecule has 0 radical (unpaired) electrons. The molecule has 0 unspecified atom stereocenters. The monoisotopic (exact) mass is 314 g/mol. The van der Waals surface area contributed by atoms with Crippen LogP contribution < -0.4 is 10.1 Å². The first-order chi connectivity index (χ1) is 10.7. The molecular formula is C14H11ClN6O. The molecule has 0 aliphatic rings. The smallest absolute Gasteiger partial charge is 0.230 e. The fourth-order valence-corrected chi connectivity index (χ4v) is 1.92. The van der Waals surface area contributed by atoms with Gasteiger partial charge in [-0.2, -0.15) is 4.98 Å². The number of nitrogens with zero attached hydrogens (tertiary/aromatic N) is 5. The van der Waals surface area contributed by atoms with E-state index in [1.165, 1.54) is 6.33 Å². The van der Waals surface area contributed by atoms with Crippen molar-refractivity contribution in [2.45, 2.75) is 0 Å². The minimum Gasteiger partial charge on any atom is -0.481 e. The first-order valence-corrected chi connectivity index (χ1v) is 6.70. The summed E-state index contributed by atoms with van der Waals surface area (Å²) in [6.07, 6.45) is 4.66. The number of rotatable bonds is 4. The molecule has 3 heterocycles. The van der Waals surface area contributed by atoms with Gasteiger partial charge >= 0.3 is 0 Å². The highest BCUT2D eigenvalue weighted by molar-refractivity contribution is 6.29. The van der Waals surface area contributed by atoms with E-state index in [0.29, 0.717) is 22.8 Å². The summed E-state index contributed by atoms with van der Waals surface area (Å²) in [6.45, 7) is 0. The zero-order valence-corrected chi connectivity index (χ0v) is 12.3. The second-order valence-corrected chi connectivity index (χ2v) is 4.60. The van der Waals surface area contributed by atoms with Crippen LogP contribution in [0.15, 0.2) is 43.0 Å². The van der Waals surface area contributed by atoms with E-state index in [4.69, 9.17) is 16.3 Å². The Morgan fingerprint density at radius 3 is 2.73 bits per heavy atom. The molecule has 8 heteroatoms. The molecule has 0 amide bonds. The maximum atomic E-state index is 5.87. The van der Waals surface area contributed by atoms with Crippen LogP contribution in [0.4, 0.5) is 11.6 Å². The number of hydrogen-bond acceptors (Lipinski definition) is 7. The second-order valence-electron chi connectivity index (χ2n) is 4.21. The summed E-state index contributed by atoms with van der Waals surface area (Å²) in [4.78, 5) is 20.6. The molecule has 3 aromatic heterocycles. The Morgan fingerprint density at radius 2 is 2.00 bits per heavy atom. The number of aromatic nitrogens is 5. The van der Waals surface area contributed by atoms with Crippen LogP contribution in [-0.2, 0) is 0 Å². The largest absolute Gasteiger partial charge is 0.481 e. The zero-order chi connectivity index (χ0) is 15.4. The van der Waals surface area contributed by atoms with Gasteiger partial charge in [0.2, 0.25) is 11.8 Å². The van der Waals surface area contributed by atoms with Gasteiger partial charge in [0, 0.05) is 17.8 Å². The molecule has 0 aromatic carbocycles. The van der Waals surface area contributed by atoms with E-state index in [9.17, 15) is 0 Å². The third-order valence-corrected chi connectivity index (χ3v) is 2.96. The Morgan fingerprint density at radius 1 is 1.09 bits per heavy atom. The molecule has 0 saturated heterocycles. The molecule has 22 heavy (non-hydrogen) atoms. The highest BCUT2D eigenvalue weighted by Crippen LogP contribution is 2.19. The van der Waals surface area contributed by atoms with Crippen LogP contribution in [0.25, 0.3) is 11.4 Å². The summed E-state index contributed by atoms with van der Waals surface area (Å²) in [7, 11) is 1.56. The van der Waals surface area contributed by atoms with Crippen molar-refractivity contribution in [1.82, 2.24) is 24.9 Å². The third kappa shape index (κ3) is 3.26. The van der Waals surface area contributed by atoms with E-state index >= 15 is 0 Å². The first kappa shape index (κ1) is 14.2. The van der Waals surface area contributed by atoms with E-state index < -0.39 is 0 Å². The Labute approximate surface area is 131 Å². The molecule has 0 aliphatic carbocycles. The Bertz CT molecular complexity index is 780. The van der Waals surface area contributed by atoms with Crippen LogP contribution in [-0.4, -0.2) is 32.0 Å². The second kappa shape index (κ2) is 6.31. The third-order valence-electron chi connectivity index (χ3n) is 2.76. The van der Waals surface area contributed by atoms with Crippen molar-refractivity contribution in [3.63, 3.8) is 0 Å². The van der Waals surface area contributed by atoms with Crippen molar-refractivity contribution < 1.29 is 4.74 Å². The lowest BCUT2D eigenvalue weighted by atomic mass is 10.2. The standard InChI is InChI=1S/C14H11ClN6O/c1-22-12-3-2-10(7-17-12)20-14-19-8-18-13(21-14)9-4-5-16-11(15)6-9/h2-8H,1H3,(H,18,19,20,21). The predicted octanol–water partition coefficient (Wildman–Crippen LogP) is 2.73. The van der Waals surface area contributed by atoms with E-state index in [0.717, 1.165) is 11.3 Å². The van der Waals surface area contributed by atoms with Crippen molar-refractivity contribution in [2.75, 3.05) is 12.4 Å². The fraction of sp³-hybridized carbons (Fsp3) is 0.0714. The Balaban J connectivity index is 1.84. The zero-order valence-electron chi connectivity index (χ0n) is 11.6. The Hall–Kier alpha value is -2.80. The van der Waals surface area contributed by atoms with E-state index in [-0.39, 0.29) is 0 Å². The van der Waals surface area contributed by atoms with Gasteiger partial charge in [0.05, 0.1) is 19.0 Å². The molecule has 7 nitrogen and oxygen atoms in total. The number of methoxy groups -OCH3 is 1. The van der Waals surface area contributed by atoms with Gasteiger partial charge < -0.3 is 10.1 Å². The molecule has 110 valence electrons. The lowest BCUT2D eigenvalue weighted by Crippen LogP contribution is -2.00. The molecule has 0 saturated carbocycles. The van der Waals surface area contributed by atoms with Crippen LogP contribution in [0.2, 0.25) is 5.15 Å². The molecule has 1 N–H and O–H groups in total. The molecule has 3 aromatic rings. The number of nitrogens with one attached hydrogen (secondary N) is 1. The predicted molar refractivity (Wildman–Crippen MR) is 82.1 cm³/mol. The molecule has 0 fully saturated rings. The highest BCUT2D eigenvalue weighted by atomic mass is 35.5. The van der Waals surface area contributed by atoms with Crippen LogP contribution in [0.3, 0.4) is 0 Å². The molecule has 0 aliphatic heterocycles. The molecule has 0 bridgehead atoms. The quantitative estimate of drug-likeness (QED) is 0.741. The minimum atomic E-state index is 0.381. The maximum absolute atomic E-state index is 5.87. The molecule has 3 rings (SSSR count). The summed E-state index contributed by atoms with van der Waals surface area (Å²) in [5.74, 6) is 1.45. The van der Waals surface area contributed by atoms with Gasteiger partial charge in [-0.25, -0.2) is 19.9 Å². The van der Waals surface area contributed by atoms with Gasteiger partial charge in [-0.3, -0.25) is 0 Å². The van der Waals surface area contributed by atoms with Gasteiger partial charge in [0.1, 0.15) is 11.5 Å². The highest BCUT2D eigenvalue weighted by Gasteiger charge is 2.05. The van der Waals surface area contributed by atoms with Crippen molar-refractivity contribution in [2.24, 2.45) is 0 Å². The number of ether oxygens (including phenoxy) is 1. The lowest BCUT2D eigenvalue weighted by molar-refractivity contribution is 0.398. The number of pyridine rings is 2. The van der Waals surface area contributed by atoms with E-state index in [1.54, 1.807) is 37.7 Å². The number of halogens is 1. The molecular weight excluding hydrogens is 304 g/mol. The molecule has 0 atom stereocenters. The van der Waals surface area contributed by atoms with Crippen molar-refractivity contribution in [3.05, 3.63) is 48.1 Å². The van der Waals surface area contributed by atoms with Gasteiger partial charge in [-0.1, -0.05) is 11.6 Å². The molecule has 0 spiro atoms. The number of hydrogen-bond donors (Lipinski definition) is 1. The maximum Gasteiger partial charge on any atom is 0.230 e. The van der Waals surface area contributed by atoms with E-state index in [1.807, 2.05) is 6.07 Å². The van der Waals surface area contributed by atoms with Crippen molar-refractivity contribution in [3.8, 4) is 17.3 Å². The summed E-state index contributed by atoms with van der Waals surface area (Å²) in [5.41, 5.74) is 1.50. The van der Waals surface area contributed by atoms with Gasteiger partial charge in [0.25, 0.3) is 0 Å². The number of anilines is 2. The van der Waals surface area contributed by atoms with Crippen LogP contribution >= 0.6 is 11.6 Å². The summed E-state index contributed by atoms with van der Waals surface area (Å²) in [5, 5.41) is 3.43. The van der Waals surface area contributed by atoms with Crippen LogP contribution in [0, 0.1) is 0 Å². The summed E-state index contributed by atoms with van der Waals surface area (Å²) < 4.78 is 5.01. The Kier molecular flexibility index (Phi) is 4.06. The lowest BCUT2D eigenvalue weighted by Gasteiger charge is -2.06. The topological polar surface area (TPSA) is 85.7 Å². The fourth-order valence-electron chi connectivity index (χ4n) is 1.74. The van der Waals surface area contributed by atoms with Gasteiger partial charge in [-0.15, -0.1) is 0 Å². The normalized spacial score (nSPS) is 10.3. The SMILES string of the molecule is COc1ccc(Nc2ncnc(-c3ccnc(Cl)c3)n2)cn1. The summed E-state index contributed by atoms with van der Waals surface area (Å²) in [6, 6.07) is 7.03. The van der Waals surface area contributed by atoms with Crippen LogP contribution in [0.1, 0.15) is 0 Å². The first-order valence-electron chi connectivity index (χ1n) is 6.32.